The highest BCUT2D eigenvalue weighted by Gasteiger charge is 2.14. The Kier molecular flexibility index (Phi) is 5.55. The molecular formula is C15H18ClFO2. The van der Waals surface area contributed by atoms with E-state index in [2.05, 4.69) is 0 Å². The zero-order valence-corrected chi connectivity index (χ0v) is 12.4. The van der Waals surface area contributed by atoms with Gasteiger partial charge in [-0.3, -0.25) is 0 Å². The van der Waals surface area contributed by atoms with Crippen LogP contribution >= 0.6 is 11.6 Å². The quantitative estimate of drug-likeness (QED) is 0.603. The SMILES string of the molecule is CCC/C(=C\c1c(C)cc(F)c(C)c1Cl)C(=O)OC. The van der Waals surface area contributed by atoms with Crippen molar-refractivity contribution < 1.29 is 13.9 Å². The molecular weight excluding hydrogens is 267 g/mol. The summed E-state index contributed by atoms with van der Waals surface area (Å²) in [6, 6.07) is 1.42. The van der Waals surface area contributed by atoms with E-state index in [4.69, 9.17) is 16.3 Å². The Morgan fingerprint density at radius 3 is 2.63 bits per heavy atom. The molecule has 0 aliphatic heterocycles. The normalized spacial score (nSPS) is 11.6. The fourth-order valence-electron chi connectivity index (χ4n) is 1.84. The third kappa shape index (κ3) is 3.57. The van der Waals surface area contributed by atoms with Crippen LogP contribution in [0.2, 0.25) is 5.02 Å². The first kappa shape index (κ1) is 15.7. The summed E-state index contributed by atoms with van der Waals surface area (Å²) in [7, 11) is 1.34. The Bertz CT molecular complexity index is 521. The molecule has 4 heteroatoms. The summed E-state index contributed by atoms with van der Waals surface area (Å²) in [5.74, 6) is -0.714. The minimum Gasteiger partial charge on any atom is -0.466 e. The molecule has 1 rings (SSSR count). The summed E-state index contributed by atoms with van der Waals surface area (Å²) in [5.41, 5.74) is 2.31. The first-order chi connectivity index (χ1) is 8.92. The van der Waals surface area contributed by atoms with Crippen LogP contribution in [0.15, 0.2) is 11.6 Å². The van der Waals surface area contributed by atoms with Gasteiger partial charge in [0.25, 0.3) is 0 Å². The lowest BCUT2D eigenvalue weighted by Crippen LogP contribution is -2.05. The minimum atomic E-state index is -0.376. The molecule has 104 valence electrons. The van der Waals surface area contributed by atoms with E-state index < -0.39 is 0 Å². The van der Waals surface area contributed by atoms with Gasteiger partial charge < -0.3 is 4.74 Å². The lowest BCUT2D eigenvalue weighted by Gasteiger charge is -2.10. The number of esters is 1. The zero-order valence-electron chi connectivity index (χ0n) is 11.6. The Morgan fingerprint density at radius 2 is 2.11 bits per heavy atom. The third-order valence-corrected chi connectivity index (χ3v) is 3.46. The van der Waals surface area contributed by atoms with Gasteiger partial charge in [-0.15, -0.1) is 0 Å². The van der Waals surface area contributed by atoms with E-state index in [1.54, 1.807) is 19.9 Å². The number of hydrogen-bond donors (Lipinski definition) is 0. The average Bonchev–Trinajstić information content (AvgIpc) is 2.39. The second-order valence-corrected chi connectivity index (χ2v) is 4.82. The Hall–Kier alpha value is -1.35. The molecule has 19 heavy (non-hydrogen) atoms. The summed E-state index contributed by atoms with van der Waals surface area (Å²) in [4.78, 5) is 11.7. The van der Waals surface area contributed by atoms with Crippen molar-refractivity contribution in [1.29, 1.82) is 0 Å². The van der Waals surface area contributed by atoms with Gasteiger partial charge in [-0.1, -0.05) is 24.9 Å². The summed E-state index contributed by atoms with van der Waals surface area (Å²) >= 11 is 6.16. The predicted octanol–water partition coefficient (Wildman–Crippen LogP) is 4.45. The number of carbonyl (C=O) groups is 1. The van der Waals surface area contributed by atoms with Gasteiger partial charge in [0.15, 0.2) is 0 Å². The van der Waals surface area contributed by atoms with Gasteiger partial charge in [0.05, 0.1) is 12.1 Å². The number of ether oxygens (including phenoxy) is 1. The number of benzene rings is 1. The van der Waals surface area contributed by atoms with Crippen LogP contribution in [-0.2, 0) is 9.53 Å². The molecule has 0 heterocycles. The molecule has 0 unspecified atom stereocenters. The molecule has 0 atom stereocenters. The average molecular weight is 285 g/mol. The highest BCUT2D eigenvalue weighted by atomic mass is 35.5. The van der Waals surface area contributed by atoms with Crippen LogP contribution in [0.5, 0.6) is 0 Å². The first-order valence-corrected chi connectivity index (χ1v) is 6.54. The van der Waals surface area contributed by atoms with Crippen LogP contribution in [0.25, 0.3) is 6.08 Å². The number of aryl methyl sites for hydroxylation is 1. The number of halogens is 2. The van der Waals surface area contributed by atoms with Crippen molar-refractivity contribution in [3.05, 3.63) is 39.2 Å². The van der Waals surface area contributed by atoms with E-state index in [9.17, 15) is 9.18 Å². The lowest BCUT2D eigenvalue weighted by atomic mass is 10.0. The number of methoxy groups -OCH3 is 1. The van der Waals surface area contributed by atoms with Gasteiger partial charge >= 0.3 is 5.97 Å². The van der Waals surface area contributed by atoms with Crippen LogP contribution in [0.1, 0.15) is 36.5 Å². The van der Waals surface area contributed by atoms with Crippen molar-refractivity contribution in [3.63, 3.8) is 0 Å². The molecule has 0 spiro atoms. The van der Waals surface area contributed by atoms with E-state index in [-0.39, 0.29) is 11.8 Å². The van der Waals surface area contributed by atoms with Crippen LogP contribution < -0.4 is 0 Å². The first-order valence-electron chi connectivity index (χ1n) is 6.16. The van der Waals surface area contributed by atoms with E-state index in [1.807, 2.05) is 6.92 Å². The summed E-state index contributed by atoms with van der Waals surface area (Å²) < 4.78 is 18.3. The van der Waals surface area contributed by atoms with Gasteiger partial charge in [-0.05, 0) is 43.5 Å². The Morgan fingerprint density at radius 1 is 1.47 bits per heavy atom. The largest absolute Gasteiger partial charge is 0.466 e. The van der Waals surface area contributed by atoms with Crippen molar-refractivity contribution in [1.82, 2.24) is 0 Å². The Labute approximate surface area is 118 Å². The molecule has 0 N–H and O–H groups in total. The van der Waals surface area contributed by atoms with Crippen LogP contribution in [0, 0.1) is 19.7 Å². The molecule has 1 aromatic rings. The van der Waals surface area contributed by atoms with Crippen LogP contribution in [0.3, 0.4) is 0 Å². The molecule has 0 saturated heterocycles. The van der Waals surface area contributed by atoms with Gasteiger partial charge in [-0.25, -0.2) is 9.18 Å². The van der Waals surface area contributed by atoms with Crippen LogP contribution in [0.4, 0.5) is 4.39 Å². The molecule has 2 nitrogen and oxygen atoms in total. The monoisotopic (exact) mass is 284 g/mol. The maximum Gasteiger partial charge on any atom is 0.333 e. The van der Waals surface area contributed by atoms with E-state index in [0.29, 0.717) is 33.7 Å². The Balaban J connectivity index is 3.36. The summed E-state index contributed by atoms with van der Waals surface area (Å²) in [6.07, 6.45) is 3.11. The van der Waals surface area contributed by atoms with Gasteiger partial charge in [0.1, 0.15) is 5.82 Å². The molecule has 0 saturated carbocycles. The van der Waals surface area contributed by atoms with E-state index >= 15 is 0 Å². The second-order valence-electron chi connectivity index (χ2n) is 4.44. The van der Waals surface area contributed by atoms with E-state index in [1.165, 1.54) is 13.2 Å². The molecule has 0 aliphatic carbocycles. The lowest BCUT2D eigenvalue weighted by molar-refractivity contribution is -0.136. The highest BCUT2D eigenvalue weighted by molar-refractivity contribution is 6.33. The van der Waals surface area contributed by atoms with Gasteiger partial charge in [0.2, 0.25) is 0 Å². The molecule has 0 bridgehead atoms. The van der Waals surface area contributed by atoms with Gasteiger partial charge in [0, 0.05) is 11.1 Å². The van der Waals surface area contributed by atoms with Crippen LogP contribution in [-0.4, -0.2) is 13.1 Å². The number of carbonyl (C=O) groups excluding carboxylic acids is 1. The summed E-state index contributed by atoms with van der Waals surface area (Å²) in [5, 5.41) is 0.343. The molecule has 0 aliphatic rings. The maximum atomic E-state index is 13.5. The fourth-order valence-corrected chi connectivity index (χ4v) is 2.13. The molecule has 0 aromatic heterocycles. The zero-order chi connectivity index (χ0) is 14.6. The molecule has 0 amide bonds. The summed E-state index contributed by atoms with van der Waals surface area (Å²) in [6.45, 7) is 5.36. The maximum absolute atomic E-state index is 13.5. The molecule has 0 radical (unpaired) electrons. The smallest absolute Gasteiger partial charge is 0.333 e. The molecule has 0 fully saturated rings. The van der Waals surface area contributed by atoms with Crippen molar-refractivity contribution in [2.75, 3.05) is 7.11 Å². The van der Waals surface area contributed by atoms with Gasteiger partial charge in [-0.2, -0.15) is 0 Å². The standard InChI is InChI=1S/C15H18ClFO2/c1-5-6-11(15(18)19-4)8-12-9(2)7-13(17)10(3)14(12)16/h7-8H,5-6H2,1-4H3/b11-8+. The van der Waals surface area contributed by atoms with Crippen molar-refractivity contribution in [2.45, 2.75) is 33.6 Å². The highest BCUT2D eigenvalue weighted by Crippen LogP contribution is 2.29. The predicted molar refractivity (Wildman–Crippen MR) is 75.8 cm³/mol. The fraction of sp³-hybridized carbons (Fsp3) is 0.400. The van der Waals surface area contributed by atoms with Crippen molar-refractivity contribution in [2.24, 2.45) is 0 Å². The number of rotatable bonds is 4. The minimum absolute atomic E-state index is 0.338. The van der Waals surface area contributed by atoms with Crippen molar-refractivity contribution >= 4 is 23.6 Å². The topological polar surface area (TPSA) is 26.3 Å². The van der Waals surface area contributed by atoms with Crippen molar-refractivity contribution in [3.8, 4) is 0 Å². The third-order valence-electron chi connectivity index (χ3n) is 2.98. The number of hydrogen-bond acceptors (Lipinski definition) is 2. The molecule has 1 aromatic carbocycles. The van der Waals surface area contributed by atoms with E-state index in [0.717, 1.165) is 6.42 Å². The second kappa shape index (κ2) is 6.71.